The average Bonchev–Trinajstić information content (AvgIpc) is 2.59. The van der Waals surface area contributed by atoms with Crippen LogP contribution in [0.3, 0.4) is 0 Å². The average molecular weight is 387 g/mol. The molecule has 0 aromatic heterocycles. The van der Waals surface area contributed by atoms with Crippen LogP contribution in [0.5, 0.6) is 0 Å². The first kappa shape index (κ1) is 20.1. The molecule has 0 radical (unpaired) electrons. The standard InChI is InChI=1S/C17H14F5N3O2/c1-10(26)23-14-5-3-2-4-13(14)16(18,19)15(27)25-24-12-8-6-11(7-9-12)17(20,21)22/h2-9,24H,1H3,(H,23,26)(H,25,27). The van der Waals surface area contributed by atoms with Crippen LogP contribution in [-0.4, -0.2) is 11.8 Å². The van der Waals surface area contributed by atoms with E-state index in [2.05, 4.69) is 10.7 Å². The Morgan fingerprint density at radius 3 is 2.04 bits per heavy atom. The Bertz CT molecular complexity index is 835. The van der Waals surface area contributed by atoms with Crippen LogP contribution in [0.25, 0.3) is 0 Å². The van der Waals surface area contributed by atoms with Crippen LogP contribution in [-0.2, 0) is 21.7 Å². The van der Waals surface area contributed by atoms with Crippen LogP contribution >= 0.6 is 0 Å². The van der Waals surface area contributed by atoms with Gasteiger partial charge in [0, 0.05) is 6.92 Å². The molecular formula is C17H14F5N3O2. The summed E-state index contributed by atoms with van der Waals surface area (Å²) in [5.74, 6) is -6.36. The second kappa shape index (κ2) is 7.60. The monoisotopic (exact) mass is 387 g/mol. The van der Waals surface area contributed by atoms with Crippen LogP contribution in [0.4, 0.5) is 33.3 Å². The Labute approximate surface area is 150 Å². The van der Waals surface area contributed by atoms with Gasteiger partial charge in [0.15, 0.2) is 0 Å². The van der Waals surface area contributed by atoms with Crippen molar-refractivity contribution in [3.8, 4) is 0 Å². The van der Waals surface area contributed by atoms with Gasteiger partial charge in [0.05, 0.1) is 22.5 Å². The van der Waals surface area contributed by atoms with Crippen molar-refractivity contribution in [1.29, 1.82) is 0 Å². The van der Waals surface area contributed by atoms with Crippen molar-refractivity contribution >= 4 is 23.2 Å². The smallest absolute Gasteiger partial charge is 0.326 e. The number of carbonyl (C=O) groups is 2. The van der Waals surface area contributed by atoms with Gasteiger partial charge in [-0.05, 0) is 30.3 Å². The fourth-order valence-electron chi connectivity index (χ4n) is 2.13. The lowest BCUT2D eigenvalue weighted by molar-refractivity contribution is -0.146. The molecule has 0 fully saturated rings. The number of para-hydroxylation sites is 1. The largest absolute Gasteiger partial charge is 0.416 e. The molecule has 0 spiro atoms. The second-order valence-corrected chi connectivity index (χ2v) is 5.46. The predicted octanol–water partition coefficient (Wildman–Crippen LogP) is 3.90. The second-order valence-electron chi connectivity index (χ2n) is 5.46. The zero-order chi connectivity index (χ0) is 20.2. The van der Waals surface area contributed by atoms with Gasteiger partial charge in [-0.15, -0.1) is 0 Å². The fraction of sp³-hybridized carbons (Fsp3) is 0.176. The third-order valence-corrected chi connectivity index (χ3v) is 3.39. The topological polar surface area (TPSA) is 70.2 Å². The zero-order valence-corrected chi connectivity index (χ0v) is 13.8. The van der Waals surface area contributed by atoms with E-state index in [0.29, 0.717) is 0 Å². The van der Waals surface area contributed by atoms with Crippen molar-refractivity contribution in [3.05, 3.63) is 59.7 Å². The number of hydrazine groups is 1. The Kier molecular flexibility index (Phi) is 5.67. The highest BCUT2D eigenvalue weighted by atomic mass is 19.4. The molecule has 144 valence electrons. The van der Waals surface area contributed by atoms with E-state index in [4.69, 9.17) is 0 Å². The number of hydrogen-bond donors (Lipinski definition) is 3. The van der Waals surface area contributed by atoms with Gasteiger partial charge < -0.3 is 5.32 Å². The van der Waals surface area contributed by atoms with Gasteiger partial charge in [0.2, 0.25) is 5.91 Å². The molecule has 0 bridgehead atoms. The molecule has 0 heterocycles. The lowest BCUT2D eigenvalue weighted by atomic mass is 10.1. The van der Waals surface area contributed by atoms with Crippen LogP contribution in [0.2, 0.25) is 0 Å². The van der Waals surface area contributed by atoms with E-state index in [-0.39, 0.29) is 11.4 Å². The SMILES string of the molecule is CC(=O)Nc1ccccc1C(F)(F)C(=O)NNc1ccc(C(F)(F)F)cc1. The maximum absolute atomic E-state index is 14.4. The summed E-state index contributed by atoms with van der Waals surface area (Å²) in [4.78, 5) is 23.0. The van der Waals surface area contributed by atoms with Crippen LogP contribution in [0.15, 0.2) is 48.5 Å². The molecule has 2 amide bonds. The van der Waals surface area contributed by atoms with E-state index < -0.39 is 35.0 Å². The third kappa shape index (κ3) is 4.93. The van der Waals surface area contributed by atoms with Gasteiger partial charge in [0.25, 0.3) is 0 Å². The molecule has 27 heavy (non-hydrogen) atoms. The van der Waals surface area contributed by atoms with Gasteiger partial charge in [-0.3, -0.25) is 20.4 Å². The molecular weight excluding hydrogens is 373 g/mol. The zero-order valence-electron chi connectivity index (χ0n) is 13.8. The van der Waals surface area contributed by atoms with E-state index >= 15 is 0 Å². The van der Waals surface area contributed by atoms with Crippen LogP contribution in [0.1, 0.15) is 18.1 Å². The van der Waals surface area contributed by atoms with Crippen molar-refractivity contribution < 1.29 is 31.5 Å². The summed E-state index contributed by atoms with van der Waals surface area (Å²) in [6.45, 7) is 1.13. The van der Waals surface area contributed by atoms with Gasteiger partial charge >= 0.3 is 18.0 Å². The number of alkyl halides is 5. The van der Waals surface area contributed by atoms with Gasteiger partial charge in [-0.2, -0.15) is 22.0 Å². The minimum absolute atomic E-state index is 0.0257. The van der Waals surface area contributed by atoms with Gasteiger partial charge in [-0.1, -0.05) is 18.2 Å². The highest BCUT2D eigenvalue weighted by Crippen LogP contribution is 2.34. The number of anilines is 2. The summed E-state index contributed by atoms with van der Waals surface area (Å²) in [5, 5.41) is 2.20. The van der Waals surface area contributed by atoms with Gasteiger partial charge in [0.1, 0.15) is 0 Å². The number of rotatable bonds is 5. The maximum Gasteiger partial charge on any atom is 0.416 e. The summed E-state index contributed by atoms with van der Waals surface area (Å²) in [7, 11) is 0. The Balaban J connectivity index is 2.12. The Hall–Kier alpha value is -3.17. The molecule has 0 saturated heterocycles. The number of nitrogens with one attached hydrogen (secondary N) is 3. The Morgan fingerprint density at radius 1 is 0.889 bits per heavy atom. The van der Waals surface area contributed by atoms with Crippen molar-refractivity contribution in [1.82, 2.24) is 5.43 Å². The number of hydrogen-bond acceptors (Lipinski definition) is 3. The summed E-state index contributed by atoms with van der Waals surface area (Å²) >= 11 is 0. The normalized spacial score (nSPS) is 11.6. The van der Waals surface area contributed by atoms with Crippen molar-refractivity contribution in [2.75, 3.05) is 10.7 Å². The van der Waals surface area contributed by atoms with Crippen molar-refractivity contribution in [2.24, 2.45) is 0 Å². The molecule has 3 N–H and O–H groups in total. The highest BCUT2D eigenvalue weighted by Gasteiger charge is 2.43. The molecule has 10 heteroatoms. The maximum atomic E-state index is 14.4. The van der Waals surface area contributed by atoms with E-state index in [1.807, 2.05) is 0 Å². The fourth-order valence-corrected chi connectivity index (χ4v) is 2.13. The summed E-state index contributed by atoms with van der Waals surface area (Å²) < 4.78 is 66.3. The van der Waals surface area contributed by atoms with Crippen molar-refractivity contribution in [3.63, 3.8) is 0 Å². The number of benzene rings is 2. The molecule has 0 aliphatic heterocycles. The van der Waals surface area contributed by atoms with E-state index in [0.717, 1.165) is 37.3 Å². The predicted molar refractivity (Wildman–Crippen MR) is 87.8 cm³/mol. The molecule has 0 unspecified atom stereocenters. The lowest BCUT2D eigenvalue weighted by Gasteiger charge is -2.20. The van der Waals surface area contributed by atoms with E-state index in [1.54, 1.807) is 5.43 Å². The number of amides is 2. The third-order valence-electron chi connectivity index (χ3n) is 3.39. The van der Waals surface area contributed by atoms with Gasteiger partial charge in [-0.25, -0.2) is 0 Å². The molecule has 0 aliphatic rings. The molecule has 0 saturated carbocycles. The first-order chi connectivity index (χ1) is 12.5. The summed E-state index contributed by atoms with van der Waals surface area (Å²) in [6, 6.07) is 8.29. The Morgan fingerprint density at radius 2 is 1.48 bits per heavy atom. The first-order valence-corrected chi connectivity index (χ1v) is 7.50. The van der Waals surface area contributed by atoms with E-state index in [9.17, 15) is 31.5 Å². The molecule has 2 rings (SSSR count). The summed E-state index contributed by atoms with van der Waals surface area (Å²) in [6.07, 6.45) is -4.54. The van der Waals surface area contributed by atoms with E-state index in [1.165, 1.54) is 18.2 Å². The number of halogens is 5. The lowest BCUT2D eigenvalue weighted by Crippen LogP contribution is -2.41. The van der Waals surface area contributed by atoms with Crippen LogP contribution < -0.4 is 16.2 Å². The number of carbonyl (C=O) groups excluding carboxylic acids is 2. The molecule has 2 aromatic carbocycles. The summed E-state index contributed by atoms with van der Waals surface area (Å²) in [5.41, 5.74) is 1.95. The van der Waals surface area contributed by atoms with Crippen LogP contribution in [0, 0.1) is 0 Å². The quantitative estimate of drug-likeness (QED) is 0.538. The minimum Gasteiger partial charge on any atom is -0.326 e. The highest BCUT2D eigenvalue weighted by molar-refractivity contribution is 5.93. The van der Waals surface area contributed by atoms with Crippen molar-refractivity contribution in [2.45, 2.75) is 19.0 Å². The minimum atomic E-state index is -4.54. The first-order valence-electron chi connectivity index (χ1n) is 7.50. The molecule has 2 aromatic rings. The molecule has 0 aliphatic carbocycles. The molecule has 5 nitrogen and oxygen atoms in total. The molecule has 0 atom stereocenters.